The zero-order valence-electron chi connectivity index (χ0n) is 7.99. The molecular weight excluding hydrogens is 282 g/mol. The van der Waals surface area contributed by atoms with E-state index in [9.17, 15) is 8.78 Å². The van der Waals surface area contributed by atoms with Gasteiger partial charge in [-0.1, -0.05) is 5.21 Å². The second-order valence-electron chi connectivity index (χ2n) is 3.08. The van der Waals surface area contributed by atoms with Crippen molar-refractivity contribution in [1.29, 1.82) is 0 Å². The lowest BCUT2D eigenvalue weighted by Crippen LogP contribution is -2.00. The van der Waals surface area contributed by atoms with E-state index in [1.165, 1.54) is 6.20 Å². The third-order valence-corrected chi connectivity index (χ3v) is 2.59. The first-order chi connectivity index (χ1) is 7.61. The molecule has 2 rings (SSSR count). The lowest BCUT2D eigenvalue weighted by molar-refractivity contribution is 0.579. The Bertz CT molecular complexity index is 526. The van der Waals surface area contributed by atoms with Crippen LogP contribution in [0.4, 0.5) is 8.78 Å². The van der Waals surface area contributed by atoms with Gasteiger partial charge in [0.25, 0.3) is 0 Å². The van der Waals surface area contributed by atoms with Gasteiger partial charge < -0.3 is 5.73 Å². The van der Waals surface area contributed by atoms with Crippen LogP contribution in [0.15, 0.2) is 22.8 Å². The fraction of sp³-hybridized carbons (Fsp3) is 0.111. The fourth-order valence-corrected chi connectivity index (χ4v) is 1.51. The van der Waals surface area contributed by atoms with Gasteiger partial charge in [-0.05, 0) is 22.0 Å². The summed E-state index contributed by atoms with van der Waals surface area (Å²) in [6, 6.07) is 2.07. The number of nitrogens with two attached hydrogens (primary N) is 1. The largest absolute Gasteiger partial charge is 0.325 e. The quantitative estimate of drug-likeness (QED) is 0.857. The van der Waals surface area contributed by atoms with Gasteiger partial charge in [0.05, 0.1) is 16.4 Å². The number of aromatic nitrogens is 3. The molecule has 0 radical (unpaired) electrons. The maximum Gasteiger partial charge on any atom is 0.150 e. The third kappa shape index (κ3) is 1.96. The molecule has 16 heavy (non-hydrogen) atoms. The molecular formula is C9H7BrF2N4. The van der Waals surface area contributed by atoms with E-state index in [1.807, 2.05) is 0 Å². The molecule has 0 spiro atoms. The number of hydrogen-bond donors (Lipinski definition) is 1. The van der Waals surface area contributed by atoms with Crippen molar-refractivity contribution in [3.63, 3.8) is 0 Å². The minimum atomic E-state index is -0.596. The summed E-state index contributed by atoms with van der Waals surface area (Å²) in [5.41, 5.74) is 5.84. The highest BCUT2D eigenvalue weighted by Crippen LogP contribution is 2.22. The molecule has 2 N–H and O–H groups in total. The average molecular weight is 289 g/mol. The first kappa shape index (κ1) is 11.2. The summed E-state index contributed by atoms with van der Waals surface area (Å²) < 4.78 is 28.0. The van der Waals surface area contributed by atoms with Crippen LogP contribution in [-0.2, 0) is 6.54 Å². The Balaban J connectivity index is 2.51. The summed E-state index contributed by atoms with van der Waals surface area (Å²) >= 11 is 2.89. The van der Waals surface area contributed by atoms with Crippen LogP contribution in [0, 0.1) is 11.6 Å². The number of hydrogen-bond acceptors (Lipinski definition) is 3. The highest BCUT2D eigenvalue weighted by atomic mass is 79.9. The van der Waals surface area contributed by atoms with E-state index in [0.717, 1.165) is 16.8 Å². The van der Waals surface area contributed by atoms with Gasteiger partial charge in [0, 0.05) is 12.6 Å². The Morgan fingerprint density at radius 1 is 1.31 bits per heavy atom. The molecule has 2 aromatic rings. The maximum absolute atomic E-state index is 13.5. The number of halogens is 3. The number of rotatable bonds is 2. The van der Waals surface area contributed by atoms with Crippen LogP contribution in [0.3, 0.4) is 0 Å². The van der Waals surface area contributed by atoms with Gasteiger partial charge in [-0.25, -0.2) is 13.5 Å². The van der Waals surface area contributed by atoms with Crippen molar-refractivity contribution in [2.24, 2.45) is 5.73 Å². The van der Waals surface area contributed by atoms with Crippen molar-refractivity contribution in [1.82, 2.24) is 15.0 Å². The molecule has 0 unspecified atom stereocenters. The first-order valence-electron chi connectivity index (χ1n) is 4.38. The van der Waals surface area contributed by atoms with Gasteiger partial charge in [0.15, 0.2) is 0 Å². The summed E-state index contributed by atoms with van der Waals surface area (Å²) in [4.78, 5) is 0. The van der Waals surface area contributed by atoms with Crippen molar-refractivity contribution < 1.29 is 8.78 Å². The van der Waals surface area contributed by atoms with Crippen LogP contribution in [0.2, 0.25) is 0 Å². The lowest BCUT2D eigenvalue weighted by atomic mass is 10.3. The van der Waals surface area contributed by atoms with E-state index in [2.05, 4.69) is 26.2 Å². The monoisotopic (exact) mass is 288 g/mol. The zero-order valence-corrected chi connectivity index (χ0v) is 9.58. The van der Waals surface area contributed by atoms with Gasteiger partial charge in [0.2, 0.25) is 0 Å². The molecule has 0 aliphatic carbocycles. The van der Waals surface area contributed by atoms with Crippen LogP contribution in [-0.4, -0.2) is 15.0 Å². The topological polar surface area (TPSA) is 56.7 Å². The molecule has 1 aromatic heterocycles. The Hall–Kier alpha value is -1.34. The minimum absolute atomic E-state index is 0.00657. The molecule has 0 saturated heterocycles. The van der Waals surface area contributed by atoms with Crippen LogP contribution < -0.4 is 5.73 Å². The van der Waals surface area contributed by atoms with Gasteiger partial charge in [-0.2, -0.15) is 0 Å². The molecule has 1 aromatic carbocycles. The van der Waals surface area contributed by atoms with Crippen LogP contribution in [0.25, 0.3) is 5.69 Å². The van der Waals surface area contributed by atoms with Crippen molar-refractivity contribution >= 4 is 15.9 Å². The molecule has 84 valence electrons. The van der Waals surface area contributed by atoms with Crippen molar-refractivity contribution in [3.05, 3.63) is 40.1 Å². The van der Waals surface area contributed by atoms with Gasteiger partial charge in [-0.3, -0.25) is 0 Å². The summed E-state index contributed by atoms with van der Waals surface area (Å²) in [5.74, 6) is -1.16. The second kappa shape index (κ2) is 4.26. The Morgan fingerprint density at radius 3 is 2.69 bits per heavy atom. The number of benzene rings is 1. The highest BCUT2D eigenvalue weighted by Gasteiger charge is 2.11. The third-order valence-electron chi connectivity index (χ3n) is 1.99. The van der Waals surface area contributed by atoms with Gasteiger partial charge in [0.1, 0.15) is 17.3 Å². The smallest absolute Gasteiger partial charge is 0.150 e. The first-order valence-corrected chi connectivity index (χ1v) is 5.17. The Morgan fingerprint density at radius 2 is 2.06 bits per heavy atom. The molecule has 0 saturated carbocycles. The summed E-state index contributed by atoms with van der Waals surface area (Å²) in [7, 11) is 0. The molecule has 0 aliphatic heterocycles. The van der Waals surface area contributed by atoms with Crippen LogP contribution >= 0.6 is 15.9 Å². The lowest BCUT2D eigenvalue weighted by Gasteiger charge is -2.03. The summed E-state index contributed by atoms with van der Waals surface area (Å²) in [5, 5.41) is 7.34. The van der Waals surface area contributed by atoms with Crippen LogP contribution in [0.1, 0.15) is 5.69 Å². The van der Waals surface area contributed by atoms with Crippen molar-refractivity contribution in [2.75, 3.05) is 0 Å². The number of nitrogens with zero attached hydrogens (tertiary/aromatic N) is 3. The highest BCUT2D eigenvalue weighted by molar-refractivity contribution is 9.10. The molecule has 1 heterocycles. The van der Waals surface area contributed by atoms with Gasteiger partial charge >= 0.3 is 0 Å². The van der Waals surface area contributed by atoms with Crippen molar-refractivity contribution in [2.45, 2.75) is 6.54 Å². The maximum atomic E-state index is 13.5. The zero-order chi connectivity index (χ0) is 11.7. The minimum Gasteiger partial charge on any atom is -0.325 e. The Labute approximate surface area is 98.2 Å². The predicted octanol–water partition coefficient (Wildman–Crippen LogP) is 1.77. The normalized spacial score (nSPS) is 10.8. The van der Waals surface area contributed by atoms with E-state index < -0.39 is 11.6 Å². The molecule has 0 atom stereocenters. The standard InChI is InChI=1S/C9H7BrF2N4/c10-6-1-8(12)9(2-7(6)11)16-4-5(3-13)14-15-16/h1-2,4H,3,13H2. The molecule has 0 bridgehead atoms. The fourth-order valence-electron chi connectivity index (χ4n) is 1.20. The second-order valence-corrected chi connectivity index (χ2v) is 3.93. The van der Waals surface area contributed by atoms with E-state index in [-0.39, 0.29) is 16.7 Å². The molecule has 0 aliphatic rings. The average Bonchev–Trinajstić information content (AvgIpc) is 2.71. The predicted molar refractivity (Wildman–Crippen MR) is 56.9 cm³/mol. The van der Waals surface area contributed by atoms with Gasteiger partial charge in [-0.15, -0.1) is 5.10 Å². The SMILES string of the molecule is NCc1cn(-c2cc(F)c(Br)cc2F)nn1. The Kier molecular flexibility index (Phi) is 2.97. The van der Waals surface area contributed by atoms with E-state index in [1.54, 1.807) is 0 Å². The summed E-state index contributed by atoms with van der Waals surface area (Å²) in [6.45, 7) is 0.195. The summed E-state index contributed by atoms with van der Waals surface area (Å²) in [6.07, 6.45) is 1.45. The molecule has 4 nitrogen and oxygen atoms in total. The van der Waals surface area contributed by atoms with Crippen LogP contribution in [0.5, 0.6) is 0 Å². The molecule has 0 fully saturated rings. The van der Waals surface area contributed by atoms with E-state index in [4.69, 9.17) is 5.73 Å². The molecule has 0 amide bonds. The van der Waals surface area contributed by atoms with E-state index in [0.29, 0.717) is 5.69 Å². The van der Waals surface area contributed by atoms with E-state index >= 15 is 0 Å². The molecule has 7 heteroatoms. The van der Waals surface area contributed by atoms with Crippen molar-refractivity contribution in [3.8, 4) is 5.69 Å².